The van der Waals surface area contributed by atoms with Crippen LogP contribution >= 0.6 is 12.2 Å². The average Bonchev–Trinajstić information content (AvgIpc) is 3.30. The summed E-state index contributed by atoms with van der Waals surface area (Å²) >= 11 is 5.09. The van der Waals surface area contributed by atoms with E-state index in [1.165, 1.54) is 24.3 Å². The minimum absolute atomic E-state index is 0.0926. The lowest BCUT2D eigenvalue weighted by atomic mass is 10.1. The largest absolute Gasteiger partial charge is 0.441 e. The number of nitrogens with zero attached hydrogens (tertiary/aromatic N) is 2. The van der Waals surface area contributed by atoms with Crippen LogP contribution in [0.15, 0.2) is 46.4 Å². The lowest BCUT2D eigenvalue weighted by Crippen LogP contribution is -2.54. The standard InChI is InChI=1S/C19H16FN3O3S/c20-12-4-3-5-13(10-12)23-18(25)15(17(24)21-19(23)27)11-14-6-7-16(26-14)22-8-1-2-9-22/h3-7,10-11H,1-2,8-9H2,(H,21,24,27). The molecular formula is C19H16FN3O3S. The van der Waals surface area contributed by atoms with Gasteiger partial charge in [-0.25, -0.2) is 4.39 Å². The third-order valence-corrected chi connectivity index (χ3v) is 4.77. The van der Waals surface area contributed by atoms with E-state index in [1.807, 2.05) is 6.07 Å². The highest BCUT2D eigenvalue weighted by Crippen LogP contribution is 2.26. The maximum Gasteiger partial charge on any atom is 0.270 e. The first-order chi connectivity index (χ1) is 13.0. The fourth-order valence-electron chi connectivity index (χ4n) is 3.18. The molecule has 2 aromatic rings. The highest BCUT2D eigenvalue weighted by atomic mass is 32.1. The molecule has 1 aromatic carbocycles. The molecule has 0 bridgehead atoms. The summed E-state index contributed by atoms with van der Waals surface area (Å²) < 4.78 is 19.3. The predicted octanol–water partition coefficient (Wildman–Crippen LogP) is 2.85. The fraction of sp³-hybridized carbons (Fsp3) is 0.211. The van der Waals surface area contributed by atoms with Crippen molar-refractivity contribution in [2.45, 2.75) is 12.8 Å². The van der Waals surface area contributed by atoms with Crippen molar-refractivity contribution in [3.8, 4) is 0 Å². The Morgan fingerprint density at radius 1 is 1.15 bits per heavy atom. The lowest BCUT2D eigenvalue weighted by Gasteiger charge is -2.28. The molecule has 2 aliphatic rings. The SMILES string of the molecule is O=C1NC(=S)N(c2cccc(F)c2)C(=O)C1=Cc1ccc(N2CCCC2)o1. The summed E-state index contributed by atoms with van der Waals surface area (Å²) in [4.78, 5) is 28.3. The van der Waals surface area contributed by atoms with Gasteiger partial charge < -0.3 is 9.32 Å². The van der Waals surface area contributed by atoms with Gasteiger partial charge in [0.15, 0.2) is 11.0 Å². The molecule has 138 valence electrons. The molecule has 6 nitrogen and oxygen atoms in total. The minimum atomic E-state index is -0.631. The van der Waals surface area contributed by atoms with Crippen LogP contribution in [0.5, 0.6) is 0 Å². The molecule has 0 saturated carbocycles. The molecule has 2 aliphatic heterocycles. The van der Waals surface area contributed by atoms with Crippen molar-refractivity contribution < 1.29 is 18.4 Å². The van der Waals surface area contributed by atoms with Gasteiger partial charge in [0.05, 0.1) is 5.69 Å². The molecule has 1 aromatic heterocycles. The molecule has 27 heavy (non-hydrogen) atoms. The Morgan fingerprint density at radius 2 is 1.93 bits per heavy atom. The van der Waals surface area contributed by atoms with Gasteiger partial charge in [0.25, 0.3) is 11.8 Å². The first kappa shape index (κ1) is 17.4. The number of nitrogens with one attached hydrogen (secondary N) is 1. The zero-order valence-corrected chi connectivity index (χ0v) is 15.1. The number of hydrogen-bond acceptors (Lipinski definition) is 5. The highest BCUT2D eigenvalue weighted by Gasteiger charge is 2.35. The van der Waals surface area contributed by atoms with Crippen molar-refractivity contribution in [3.63, 3.8) is 0 Å². The summed E-state index contributed by atoms with van der Waals surface area (Å²) in [6.07, 6.45) is 3.60. The Hall–Kier alpha value is -3.00. The number of carbonyl (C=O) groups is 2. The van der Waals surface area contributed by atoms with E-state index >= 15 is 0 Å². The van der Waals surface area contributed by atoms with Crippen LogP contribution in [0.4, 0.5) is 16.0 Å². The zero-order chi connectivity index (χ0) is 19.0. The fourth-order valence-corrected chi connectivity index (χ4v) is 3.46. The summed E-state index contributed by atoms with van der Waals surface area (Å²) in [5.74, 6) is -0.653. The summed E-state index contributed by atoms with van der Waals surface area (Å²) in [6.45, 7) is 1.84. The molecule has 2 amide bonds. The first-order valence-electron chi connectivity index (χ1n) is 8.55. The monoisotopic (exact) mass is 385 g/mol. The zero-order valence-electron chi connectivity index (χ0n) is 14.3. The number of hydrogen-bond donors (Lipinski definition) is 1. The smallest absolute Gasteiger partial charge is 0.270 e. The second-order valence-electron chi connectivity index (χ2n) is 6.31. The normalized spacial score (nSPS) is 19.1. The number of halogens is 1. The molecule has 0 radical (unpaired) electrons. The van der Waals surface area contributed by atoms with Gasteiger partial charge in [-0.05, 0) is 55.4 Å². The first-order valence-corrected chi connectivity index (χ1v) is 8.95. The van der Waals surface area contributed by atoms with Crippen LogP contribution in [0.2, 0.25) is 0 Å². The Labute approximate surface area is 160 Å². The molecule has 0 unspecified atom stereocenters. The molecule has 3 heterocycles. The number of amides is 2. The van der Waals surface area contributed by atoms with E-state index in [0.29, 0.717) is 11.6 Å². The summed E-state index contributed by atoms with van der Waals surface area (Å²) in [5, 5.41) is 2.37. The van der Waals surface area contributed by atoms with Crippen molar-refractivity contribution in [1.29, 1.82) is 0 Å². The van der Waals surface area contributed by atoms with Crippen LogP contribution in [0.1, 0.15) is 18.6 Å². The Kier molecular flexibility index (Phi) is 4.49. The van der Waals surface area contributed by atoms with Crippen molar-refractivity contribution in [3.05, 3.63) is 53.5 Å². The third-order valence-electron chi connectivity index (χ3n) is 4.49. The molecule has 2 saturated heterocycles. The van der Waals surface area contributed by atoms with Gasteiger partial charge in [-0.2, -0.15) is 0 Å². The lowest BCUT2D eigenvalue weighted by molar-refractivity contribution is -0.122. The van der Waals surface area contributed by atoms with Crippen LogP contribution in [-0.2, 0) is 9.59 Å². The van der Waals surface area contributed by atoms with Crippen LogP contribution < -0.4 is 15.1 Å². The molecule has 2 fully saturated rings. The highest BCUT2D eigenvalue weighted by molar-refractivity contribution is 7.80. The average molecular weight is 385 g/mol. The van der Waals surface area contributed by atoms with Crippen molar-refractivity contribution in [2.75, 3.05) is 22.9 Å². The number of carbonyl (C=O) groups excluding carboxylic acids is 2. The van der Waals surface area contributed by atoms with E-state index in [4.69, 9.17) is 16.6 Å². The number of anilines is 2. The van der Waals surface area contributed by atoms with Gasteiger partial charge in [-0.3, -0.25) is 19.8 Å². The van der Waals surface area contributed by atoms with E-state index in [-0.39, 0.29) is 16.4 Å². The van der Waals surface area contributed by atoms with Crippen molar-refractivity contribution in [1.82, 2.24) is 5.32 Å². The Balaban J connectivity index is 1.65. The maximum atomic E-state index is 13.5. The van der Waals surface area contributed by atoms with Crippen LogP contribution in [0.3, 0.4) is 0 Å². The second-order valence-corrected chi connectivity index (χ2v) is 6.69. The summed E-state index contributed by atoms with van der Waals surface area (Å²) in [6, 6.07) is 8.98. The van der Waals surface area contributed by atoms with E-state index in [1.54, 1.807) is 12.1 Å². The van der Waals surface area contributed by atoms with Gasteiger partial charge in [0.2, 0.25) is 0 Å². The van der Waals surface area contributed by atoms with Crippen molar-refractivity contribution >= 4 is 46.8 Å². The molecule has 4 rings (SSSR count). The molecule has 1 N–H and O–H groups in total. The van der Waals surface area contributed by atoms with Crippen LogP contribution in [0, 0.1) is 5.82 Å². The quantitative estimate of drug-likeness (QED) is 0.500. The van der Waals surface area contributed by atoms with Crippen molar-refractivity contribution in [2.24, 2.45) is 0 Å². The molecule has 0 spiro atoms. The number of thiocarbonyl (C=S) groups is 1. The Morgan fingerprint density at radius 3 is 2.67 bits per heavy atom. The summed E-state index contributed by atoms with van der Waals surface area (Å²) in [7, 11) is 0. The van der Waals surface area contributed by atoms with E-state index < -0.39 is 17.6 Å². The topological polar surface area (TPSA) is 65.8 Å². The minimum Gasteiger partial charge on any atom is -0.441 e. The van der Waals surface area contributed by atoms with Gasteiger partial charge in [-0.1, -0.05) is 6.07 Å². The molecule has 0 aliphatic carbocycles. The number of rotatable bonds is 3. The Bertz CT molecular complexity index is 963. The van der Waals surface area contributed by atoms with Gasteiger partial charge in [0, 0.05) is 19.2 Å². The number of furan rings is 1. The van der Waals surface area contributed by atoms with Gasteiger partial charge >= 0.3 is 0 Å². The second kappa shape index (κ2) is 6.96. The number of benzene rings is 1. The molecular weight excluding hydrogens is 369 g/mol. The van der Waals surface area contributed by atoms with Crippen LogP contribution in [-0.4, -0.2) is 30.0 Å². The molecule has 0 atom stereocenters. The predicted molar refractivity (Wildman–Crippen MR) is 103 cm³/mol. The maximum absolute atomic E-state index is 13.5. The summed E-state index contributed by atoms with van der Waals surface area (Å²) in [5.41, 5.74) is 0.114. The van der Waals surface area contributed by atoms with Crippen LogP contribution in [0.25, 0.3) is 6.08 Å². The van der Waals surface area contributed by atoms with Gasteiger partial charge in [0.1, 0.15) is 17.2 Å². The van der Waals surface area contributed by atoms with E-state index in [0.717, 1.165) is 30.8 Å². The third kappa shape index (κ3) is 3.35. The van der Waals surface area contributed by atoms with E-state index in [2.05, 4.69) is 10.2 Å². The van der Waals surface area contributed by atoms with E-state index in [9.17, 15) is 14.0 Å². The molecule has 8 heteroatoms. The van der Waals surface area contributed by atoms with Gasteiger partial charge in [-0.15, -0.1) is 0 Å².